The van der Waals surface area contributed by atoms with E-state index in [0.29, 0.717) is 37.4 Å². The maximum atomic E-state index is 12.5. The van der Waals surface area contributed by atoms with Crippen molar-refractivity contribution in [2.75, 3.05) is 33.4 Å². The predicted molar refractivity (Wildman–Crippen MR) is 127 cm³/mol. The van der Waals surface area contributed by atoms with E-state index in [9.17, 15) is 18.0 Å². The number of ether oxygens (including phenoxy) is 2. The molecule has 0 saturated carbocycles. The van der Waals surface area contributed by atoms with E-state index in [1.54, 1.807) is 39.2 Å². The van der Waals surface area contributed by atoms with Gasteiger partial charge in [0.15, 0.2) is 6.61 Å². The van der Waals surface area contributed by atoms with Gasteiger partial charge in [0.05, 0.1) is 11.5 Å². The molecule has 9 heteroatoms. The molecular weight excluding hydrogens is 444 g/mol. The number of esters is 1. The molecule has 0 radical (unpaired) electrons. The summed E-state index contributed by atoms with van der Waals surface area (Å²) in [5.74, 6) is -0.934. The SMILES string of the molecule is CCN(CC)S(=O)(=O)c1ccc(C=CC(=O)OCC(=O)c2cc(C)n(CCOC)c2C)cc1. The molecule has 1 heterocycles. The number of nitrogens with zero attached hydrogens (tertiary/aromatic N) is 2. The third-order valence-electron chi connectivity index (χ3n) is 5.37. The molecule has 2 rings (SSSR count). The Labute approximate surface area is 195 Å². The summed E-state index contributed by atoms with van der Waals surface area (Å²) in [6.45, 7) is 8.92. The van der Waals surface area contributed by atoms with Gasteiger partial charge in [-0.15, -0.1) is 0 Å². The highest BCUT2D eigenvalue weighted by Gasteiger charge is 2.21. The normalized spacial score (nSPS) is 11.9. The zero-order valence-corrected chi connectivity index (χ0v) is 20.6. The molecule has 0 aliphatic carbocycles. The predicted octanol–water partition coefficient (Wildman–Crippen LogP) is 3.22. The number of carbonyl (C=O) groups is 2. The Morgan fingerprint density at radius 1 is 1.09 bits per heavy atom. The molecular formula is C24H32N2O6S. The standard InChI is InChI=1S/C24H32N2O6S/c1-6-25(7-2)33(29,30)21-11-8-20(9-12-21)10-13-24(28)32-17-23(27)22-16-18(3)26(19(22)4)14-15-31-5/h8-13,16H,6-7,14-15,17H2,1-5H3. The van der Waals surface area contributed by atoms with Gasteiger partial charge in [-0.2, -0.15) is 4.31 Å². The summed E-state index contributed by atoms with van der Waals surface area (Å²) in [7, 11) is -1.91. The molecule has 1 aromatic heterocycles. The van der Waals surface area contributed by atoms with E-state index in [4.69, 9.17) is 9.47 Å². The first-order valence-corrected chi connectivity index (χ1v) is 12.2. The topological polar surface area (TPSA) is 94.9 Å². The van der Waals surface area contributed by atoms with Gasteiger partial charge < -0.3 is 14.0 Å². The molecule has 0 aliphatic heterocycles. The Kier molecular flexibility index (Phi) is 9.57. The van der Waals surface area contributed by atoms with Crippen LogP contribution in [0, 0.1) is 13.8 Å². The van der Waals surface area contributed by atoms with Crippen molar-refractivity contribution < 1.29 is 27.5 Å². The second kappa shape index (κ2) is 11.9. The molecule has 0 saturated heterocycles. The number of aryl methyl sites for hydroxylation is 1. The number of sulfonamides is 1. The van der Waals surface area contributed by atoms with E-state index >= 15 is 0 Å². The molecule has 0 spiro atoms. The van der Waals surface area contributed by atoms with E-state index in [0.717, 1.165) is 11.4 Å². The minimum atomic E-state index is -3.53. The first kappa shape index (κ1) is 26.5. The molecule has 0 unspecified atom stereocenters. The number of rotatable bonds is 12. The summed E-state index contributed by atoms with van der Waals surface area (Å²) in [4.78, 5) is 24.8. The second-order valence-electron chi connectivity index (χ2n) is 7.45. The van der Waals surface area contributed by atoms with Crippen molar-refractivity contribution in [3.05, 3.63) is 58.9 Å². The van der Waals surface area contributed by atoms with Crippen molar-refractivity contribution >= 4 is 27.9 Å². The van der Waals surface area contributed by atoms with Gasteiger partial charge in [0, 0.05) is 49.8 Å². The first-order chi connectivity index (χ1) is 15.6. The minimum absolute atomic E-state index is 0.194. The molecule has 8 nitrogen and oxygen atoms in total. The minimum Gasteiger partial charge on any atom is -0.454 e. The Balaban J connectivity index is 1.97. The van der Waals surface area contributed by atoms with Crippen molar-refractivity contribution in [1.29, 1.82) is 0 Å². The number of carbonyl (C=O) groups excluding carboxylic acids is 2. The maximum Gasteiger partial charge on any atom is 0.331 e. The zero-order valence-electron chi connectivity index (χ0n) is 19.8. The average molecular weight is 477 g/mol. The number of aromatic nitrogens is 1. The Hall–Kier alpha value is -2.75. The zero-order chi connectivity index (χ0) is 24.6. The molecule has 0 atom stereocenters. The van der Waals surface area contributed by atoms with Gasteiger partial charge in [-0.3, -0.25) is 4.79 Å². The van der Waals surface area contributed by atoms with Crippen molar-refractivity contribution in [1.82, 2.24) is 8.87 Å². The molecule has 0 amide bonds. The second-order valence-corrected chi connectivity index (χ2v) is 9.39. The smallest absolute Gasteiger partial charge is 0.331 e. The third kappa shape index (κ3) is 6.63. The van der Waals surface area contributed by atoms with E-state index < -0.39 is 16.0 Å². The van der Waals surface area contributed by atoms with Crippen LogP contribution in [0.4, 0.5) is 0 Å². The van der Waals surface area contributed by atoms with Crippen molar-refractivity contribution in [3.63, 3.8) is 0 Å². The van der Waals surface area contributed by atoms with Crippen molar-refractivity contribution in [2.45, 2.75) is 39.1 Å². The van der Waals surface area contributed by atoms with Crippen LogP contribution in [0.2, 0.25) is 0 Å². The Morgan fingerprint density at radius 3 is 2.30 bits per heavy atom. The van der Waals surface area contributed by atoms with Crippen molar-refractivity contribution in [2.24, 2.45) is 0 Å². The number of hydrogen-bond donors (Lipinski definition) is 0. The van der Waals surface area contributed by atoms with E-state index in [-0.39, 0.29) is 17.3 Å². The van der Waals surface area contributed by atoms with Gasteiger partial charge >= 0.3 is 5.97 Å². The number of methoxy groups -OCH3 is 1. The van der Waals surface area contributed by atoms with Gasteiger partial charge in [-0.1, -0.05) is 26.0 Å². The van der Waals surface area contributed by atoms with Crippen LogP contribution >= 0.6 is 0 Å². The summed E-state index contributed by atoms with van der Waals surface area (Å²) < 4.78 is 38.6. The van der Waals surface area contributed by atoms with E-state index in [1.807, 2.05) is 18.4 Å². The van der Waals surface area contributed by atoms with Gasteiger partial charge in [-0.05, 0) is 43.7 Å². The van der Waals surface area contributed by atoms with Gasteiger partial charge in [0.1, 0.15) is 0 Å². The Bertz CT molecular complexity index is 1100. The summed E-state index contributed by atoms with van der Waals surface area (Å²) in [5, 5.41) is 0. The monoisotopic (exact) mass is 476 g/mol. The highest BCUT2D eigenvalue weighted by Crippen LogP contribution is 2.18. The van der Waals surface area contributed by atoms with Crippen LogP contribution in [0.5, 0.6) is 0 Å². The summed E-state index contributed by atoms with van der Waals surface area (Å²) in [6, 6.07) is 8.01. The molecule has 0 aliphatic rings. The molecule has 0 bridgehead atoms. The molecule has 2 aromatic rings. The fourth-order valence-electron chi connectivity index (χ4n) is 3.50. The molecule has 180 valence electrons. The molecule has 33 heavy (non-hydrogen) atoms. The average Bonchev–Trinajstić information content (AvgIpc) is 3.08. The van der Waals surface area contributed by atoms with E-state index in [2.05, 4.69) is 0 Å². The number of benzene rings is 1. The summed E-state index contributed by atoms with van der Waals surface area (Å²) in [6.07, 6.45) is 2.72. The van der Waals surface area contributed by atoms with Gasteiger partial charge in [-0.25, -0.2) is 13.2 Å². The van der Waals surface area contributed by atoms with Crippen LogP contribution in [0.25, 0.3) is 6.08 Å². The lowest BCUT2D eigenvalue weighted by Crippen LogP contribution is -2.30. The van der Waals surface area contributed by atoms with Gasteiger partial charge in [0.2, 0.25) is 15.8 Å². The quantitative estimate of drug-likeness (QED) is 0.265. The molecule has 0 fully saturated rings. The van der Waals surface area contributed by atoms with Crippen molar-refractivity contribution in [3.8, 4) is 0 Å². The van der Waals surface area contributed by atoms with Gasteiger partial charge in [0.25, 0.3) is 0 Å². The number of ketones is 1. The van der Waals surface area contributed by atoms with Crippen LogP contribution in [0.1, 0.15) is 41.2 Å². The van der Waals surface area contributed by atoms with E-state index in [1.165, 1.54) is 28.6 Å². The van der Waals surface area contributed by atoms with Crippen LogP contribution in [0.3, 0.4) is 0 Å². The third-order valence-corrected chi connectivity index (χ3v) is 7.44. The summed E-state index contributed by atoms with van der Waals surface area (Å²) in [5.41, 5.74) is 2.90. The fraction of sp³-hybridized carbons (Fsp3) is 0.417. The highest BCUT2D eigenvalue weighted by molar-refractivity contribution is 7.89. The largest absolute Gasteiger partial charge is 0.454 e. The Morgan fingerprint density at radius 2 is 1.73 bits per heavy atom. The maximum absolute atomic E-state index is 12.5. The lowest BCUT2D eigenvalue weighted by atomic mass is 10.1. The lowest BCUT2D eigenvalue weighted by molar-refractivity contribution is -0.136. The number of hydrogen-bond acceptors (Lipinski definition) is 6. The van der Waals surface area contributed by atoms with Crippen LogP contribution in [0.15, 0.2) is 41.3 Å². The fourth-order valence-corrected chi connectivity index (χ4v) is 4.96. The highest BCUT2D eigenvalue weighted by atomic mass is 32.2. The lowest BCUT2D eigenvalue weighted by Gasteiger charge is -2.18. The molecule has 1 aromatic carbocycles. The molecule has 0 N–H and O–H groups in total. The van der Waals surface area contributed by atoms with Crippen LogP contribution in [-0.4, -0.2) is 62.5 Å². The summed E-state index contributed by atoms with van der Waals surface area (Å²) >= 11 is 0. The van der Waals surface area contributed by atoms with Crippen LogP contribution in [-0.2, 0) is 30.8 Å². The van der Waals surface area contributed by atoms with Crippen LogP contribution < -0.4 is 0 Å². The number of Topliss-reactive ketones (excluding diaryl/α,β-unsaturated/α-hetero) is 1. The first-order valence-electron chi connectivity index (χ1n) is 10.8.